The fraction of sp³-hybridized carbons (Fsp3) is 0.381. The van der Waals surface area contributed by atoms with E-state index in [1.165, 1.54) is 35.9 Å². The van der Waals surface area contributed by atoms with E-state index in [9.17, 15) is 17.9 Å². The van der Waals surface area contributed by atoms with Crippen LogP contribution in [-0.4, -0.2) is 39.8 Å². The maximum Gasteiger partial charge on any atom is 0.243 e. The van der Waals surface area contributed by atoms with Gasteiger partial charge in [0.25, 0.3) is 0 Å². The summed E-state index contributed by atoms with van der Waals surface area (Å²) in [4.78, 5) is 11.1. The summed E-state index contributed by atoms with van der Waals surface area (Å²) in [6.07, 6.45) is 4.08. The fourth-order valence-corrected chi connectivity index (χ4v) is 5.39. The Morgan fingerprint density at radius 1 is 1.13 bits per heavy atom. The van der Waals surface area contributed by atoms with E-state index in [-0.39, 0.29) is 17.9 Å². The highest BCUT2D eigenvalue weighted by Gasteiger charge is 2.32. The second-order valence-corrected chi connectivity index (χ2v) is 10.6. The number of hydrogen-bond donors (Lipinski definition) is 3. The number of amides is 1. The number of benzene rings is 2. The Hall–Kier alpha value is -2.49. The number of anilines is 1. The van der Waals surface area contributed by atoms with Crippen LogP contribution < -0.4 is 14.5 Å². The third-order valence-corrected chi connectivity index (χ3v) is 7.63. The molecule has 30 heavy (non-hydrogen) atoms. The first-order chi connectivity index (χ1) is 14.2. The van der Waals surface area contributed by atoms with Crippen molar-refractivity contribution in [1.29, 1.82) is 0 Å². The average Bonchev–Trinajstić information content (AvgIpc) is 2.72. The van der Waals surface area contributed by atoms with Gasteiger partial charge in [-0.1, -0.05) is 18.9 Å². The minimum Gasteiger partial charge on any atom is -0.497 e. The number of hydrogen-bond acceptors (Lipinski definition) is 4. The molecule has 0 aliphatic rings. The highest BCUT2D eigenvalue weighted by molar-refractivity contribution is 8.15. The summed E-state index contributed by atoms with van der Waals surface area (Å²) in [5, 5.41) is 8.52. The Balaban J connectivity index is 2.23. The number of unbranched alkanes of at least 4 members (excludes halogenated alkanes) is 3. The summed E-state index contributed by atoms with van der Waals surface area (Å²) in [5.74, 6) is -0.406. The second kappa shape index (κ2) is 10.0. The third-order valence-electron chi connectivity index (χ3n) is 4.86. The molecule has 1 amide bonds. The molecule has 3 N–H and O–H groups in total. The molecule has 166 valence electrons. The molecule has 0 bridgehead atoms. The number of nitrogens with one attached hydrogen (secondary N) is 1. The summed E-state index contributed by atoms with van der Waals surface area (Å²) < 4.78 is 45.5. The quantitative estimate of drug-likeness (QED) is 0.279. The Kier molecular flexibility index (Phi) is 7.94. The van der Waals surface area contributed by atoms with E-state index >= 15 is 0 Å². The standard InChI is InChI=1S/C21H29FN2O5S/c1-29-19-13-11-18(12-14-19)24(15-6-4-3-5-10-21(25)23-26)30(2,27,28)20-9-7-8-17(22)16-20/h7-9,11-14,16,26H,3-6,10,15H2,1-2H3,(H,23,25)(H,27,28). The SMILES string of the molecule is COc1ccc(N(CCCCCCC(=O)NO)S(C)(=O)(O)c2cccc(F)c2)cc1. The largest absolute Gasteiger partial charge is 0.497 e. The van der Waals surface area contributed by atoms with Crippen LogP contribution in [0.5, 0.6) is 5.75 Å². The van der Waals surface area contributed by atoms with Crippen molar-refractivity contribution in [2.75, 3.05) is 24.2 Å². The van der Waals surface area contributed by atoms with Crippen LogP contribution in [0.1, 0.15) is 32.1 Å². The third kappa shape index (κ3) is 6.01. The zero-order valence-corrected chi connectivity index (χ0v) is 18.0. The van der Waals surface area contributed by atoms with Crippen molar-refractivity contribution in [1.82, 2.24) is 5.48 Å². The van der Waals surface area contributed by atoms with Crippen molar-refractivity contribution >= 4 is 21.1 Å². The van der Waals surface area contributed by atoms with E-state index in [0.717, 1.165) is 18.9 Å². The van der Waals surface area contributed by atoms with Gasteiger partial charge in [-0.3, -0.25) is 18.9 Å². The van der Waals surface area contributed by atoms with Gasteiger partial charge in [-0.15, -0.1) is 9.53 Å². The molecular weight excluding hydrogens is 411 g/mol. The van der Waals surface area contributed by atoms with Gasteiger partial charge < -0.3 is 4.74 Å². The average molecular weight is 441 g/mol. The van der Waals surface area contributed by atoms with Crippen LogP contribution in [0.2, 0.25) is 0 Å². The second-order valence-electron chi connectivity index (χ2n) is 7.19. The van der Waals surface area contributed by atoms with Crippen molar-refractivity contribution in [3.63, 3.8) is 0 Å². The van der Waals surface area contributed by atoms with Gasteiger partial charge in [0.1, 0.15) is 11.6 Å². The van der Waals surface area contributed by atoms with E-state index in [0.29, 0.717) is 24.3 Å². The van der Waals surface area contributed by atoms with Crippen molar-refractivity contribution in [2.45, 2.75) is 37.0 Å². The normalized spacial score (nSPS) is 12.6. The van der Waals surface area contributed by atoms with Gasteiger partial charge in [-0.05, 0) is 55.3 Å². The maximum atomic E-state index is 13.8. The van der Waals surface area contributed by atoms with Gasteiger partial charge >= 0.3 is 0 Å². The lowest BCUT2D eigenvalue weighted by Crippen LogP contribution is -2.50. The minimum absolute atomic E-state index is 0.00225. The van der Waals surface area contributed by atoms with E-state index in [1.54, 1.807) is 29.7 Å². The van der Waals surface area contributed by atoms with Crippen LogP contribution in [-0.2, 0) is 14.3 Å². The highest BCUT2D eigenvalue weighted by Crippen LogP contribution is 2.38. The van der Waals surface area contributed by atoms with Crippen LogP contribution in [0, 0.1) is 5.82 Å². The lowest BCUT2D eigenvalue weighted by Gasteiger charge is -2.50. The number of halogens is 1. The predicted molar refractivity (Wildman–Crippen MR) is 115 cm³/mol. The van der Waals surface area contributed by atoms with E-state index in [2.05, 4.69) is 0 Å². The van der Waals surface area contributed by atoms with E-state index < -0.39 is 21.3 Å². The molecule has 7 nitrogen and oxygen atoms in total. The first-order valence-electron chi connectivity index (χ1n) is 9.66. The molecule has 2 aromatic carbocycles. The van der Waals surface area contributed by atoms with Crippen LogP contribution in [0.25, 0.3) is 0 Å². The summed E-state index contributed by atoms with van der Waals surface area (Å²) in [5.41, 5.74) is 2.11. The highest BCUT2D eigenvalue weighted by atomic mass is 32.3. The molecule has 0 aliphatic carbocycles. The van der Waals surface area contributed by atoms with Crippen molar-refractivity contribution < 1.29 is 27.9 Å². The minimum atomic E-state index is -4.59. The number of carbonyl (C=O) groups excluding carboxylic acids is 1. The maximum absolute atomic E-state index is 13.8. The predicted octanol–water partition coefficient (Wildman–Crippen LogP) is 3.99. The molecule has 0 unspecified atom stereocenters. The molecule has 0 atom stereocenters. The number of methoxy groups -OCH3 is 1. The topological polar surface area (TPSA) is 99.1 Å². The monoisotopic (exact) mass is 440 g/mol. The van der Waals surface area contributed by atoms with E-state index in [1.807, 2.05) is 0 Å². The number of nitrogens with zero attached hydrogens (tertiary/aromatic N) is 1. The Morgan fingerprint density at radius 3 is 2.40 bits per heavy atom. The zero-order chi connectivity index (χ0) is 22.2. The van der Waals surface area contributed by atoms with E-state index in [4.69, 9.17) is 9.94 Å². The molecule has 0 saturated heterocycles. The molecule has 0 aliphatic heterocycles. The van der Waals surface area contributed by atoms with Crippen molar-refractivity contribution in [3.05, 3.63) is 54.3 Å². The van der Waals surface area contributed by atoms with Crippen LogP contribution in [0.15, 0.2) is 53.4 Å². The molecule has 0 aromatic heterocycles. The number of carbonyl (C=O) groups is 1. The number of hydroxylamine groups is 1. The van der Waals surface area contributed by atoms with Gasteiger partial charge in [0.05, 0.1) is 17.7 Å². The summed E-state index contributed by atoms with van der Waals surface area (Å²) in [6, 6.07) is 12.0. The molecular formula is C21H29FN2O5S. The zero-order valence-electron chi connectivity index (χ0n) is 17.2. The fourth-order valence-electron chi connectivity index (χ4n) is 3.18. The summed E-state index contributed by atoms with van der Waals surface area (Å²) in [7, 11) is -3.05. The summed E-state index contributed by atoms with van der Waals surface area (Å²) >= 11 is 0. The summed E-state index contributed by atoms with van der Waals surface area (Å²) in [6.45, 7) is 0.257. The smallest absolute Gasteiger partial charge is 0.243 e. The lowest BCUT2D eigenvalue weighted by molar-refractivity contribution is -0.129. The van der Waals surface area contributed by atoms with Gasteiger partial charge in [-0.2, -0.15) is 4.21 Å². The molecule has 9 heteroatoms. The molecule has 0 spiro atoms. The van der Waals surface area contributed by atoms with Crippen LogP contribution >= 0.6 is 0 Å². The number of ether oxygens (including phenoxy) is 1. The van der Waals surface area contributed by atoms with Gasteiger partial charge in [-0.25, -0.2) is 9.87 Å². The first kappa shape index (κ1) is 23.8. The lowest BCUT2D eigenvalue weighted by atomic mass is 10.1. The first-order valence-corrected chi connectivity index (χ1v) is 11.9. The van der Waals surface area contributed by atoms with Crippen molar-refractivity contribution in [3.8, 4) is 5.75 Å². The van der Waals surface area contributed by atoms with Gasteiger partial charge in [0.15, 0.2) is 0 Å². The Morgan fingerprint density at radius 2 is 1.80 bits per heavy atom. The molecule has 0 fully saturated rings. The Bertz CT molecular complexity index is 914. The molecule has 2 rings (SSSR count). The van der Waals surface area contributed by atoms with Gasteiger partial charge in [0, 0.05) is 19.2 Å². The van der Waals surface area contributed by atoms with Gasteiger partial charge in [0.2, 0.25) is 5.91 Å². The Labute approximate surface area is 176 Å². The molecule has 0 radical (unpaired) electrons. The van der Waals surface area contributed by atoms with Crippen molar-refractivity contribution in [2.24, 2.45) is 0 Å². The molecule has 0 heterocycles. The van der Waals surface area contributed by atoms with Crippen LogP contribution in [0.4, 0.5) is 10.1 Å². The van der Waals surface area contributed by atoms with Crippen LogP contribution in [0.3, 0.4) is 0 Å². The number of rotatable bonds is 11. The molecule has 2 aromatic rings. The molecule has 0 saturated carbocycles.